The molecule has 14 heavy (non-hydrogen) atoms. The SMILES string of the molecule is CC.Cc1cccc2cc[c-]cc12.[Y]. The average Bonchev–Trinajstić information content (AvgIpc) is 2.22. The van der Waals surface area contributed by atoms with Crippen molar-refractivity contribution in [1.29, 1.82) is 0 Å². The van der Waals surface area contributed by atoms with Crippen molar-refractivity contribution >= 4 is 10.8 Å². The van der Waals surface area contributed by atoms with Crippen molar-refractivity contribution in [2.75, 3.05) is 0 Å². The minimum Gasteiger partial charge on any atom is -0.183 e. The van der Waals surface area contributed by atoms with E-state index >= 15 is 0 Å². The largest absolute Gasteiger partial charge is 0.183 e. The van der Waals surface area contributed by atoms with Gasteiger partial charge in [0.25, 0.3) is 0 Å². The summed E-state index contributed by atoms with van der Waals surface area (Å²) in [6.45, 7) is 6.12. The van der Waals surface area contributed by atoms with Crippen molar-refractivity contribution in [2.45, 2.75) is 20.8 Å². The van der Waals surface area contributed by atoms with Gasteiger partial charge in [-0.3, -0.25) is 0 Å². The van der Waals surface area contributed by atoms with Crippen LogP contribution in [0.2, 0.25) is 0 Å². The first-order valence-corrected chi connectivity index (χ1v) is 4.73. The Kier molecular flexibility index (Phi) is 7.04. The molecule has 2 aromatic carbocycles. The molecule has 1 radical (unpaired) electrons. The van der Waals surface area contributed by atoms with Crippen molar-refractivity contribution in [2.24, 2.45) is 0 Å². The van der Waals surface area contributed by atoms with Crippen LogP contribution in [0.25, 0.3) is 10.8 Å². The third kappa shape index (κ3) is 3.18. The fraction of sp³-hybridized carbons (Fsp3) is 0.231. The Morgan fingerprint density at radius 3 is 2.43 bits per heavy atom. The van der Waals surface area contributed by atoms with Gasteiger partial charge in [0.15, 0.2) is 0 Å². The summed E-state index contributed by atoms with van der Waals surface area (Å²) in [5.74, 6) is 0. The van der Waals surface area contributed by atoms with Crippen LogP contribution < -0.4 is 0 Å². The zero-order valence-corrected chi connectivity index (χ0v) is 11.9. The van der Waals surface area contributed by atoms with Crippen LogP contribution in [-0.4, -0.2) is 0 Å². The third-order valence-electron chi connectivity index (χ3n) is 1.94. The summed E-state index contributed by atoms with van der Waals surface area (Å²) in [5.41, 5.74) is 1.32. The maximum Gasteiger partial charge on any atom is 0 e. The summed E-state index contributed by atoms with van der Waals surface area (Å²) < 4.78 is 0. The fourth-order valence-electron chi connectivity index (χ4n) is 1.32. The molecule has 71 valence electrons. The summed E-state index contributed by atoms with van der Waals surface area (Å²) in [5, 5.41) is 2.60. The van der Waals surface area contributed by atoms with Gasteiger partial charge in [-0.2, -0.15) is 24.3 Å². The number of aryl methyl sites for hydroxylation is 1. The monoisotopic (exact) mass is 260 g/mol. The van der Waals surface area contributed by atoms with Gasteiger partial charge in [-0.15, -0.1) is 10.8 Å². The van der Waals surface area contributed by atoms with Gasteiger partial charge >= 0.3 is 0 Å². The van der Waals surface area contributed by atoms with Gasteiger partial charge < -0.3 is 0 Å². The summed E-state index contributed by atoms with van der Waals surface area (Å²) in [6.07, 6.45) is 0. The number of hydrogen-bond acceptors (Lipinski definition) is 0. The Labute approximate surface area is 112 Å². The Morgan fingerprint density at radius 2 is 1.79 bits per heavy atom. The van der Waals surface area contributed by atoms with E-state index < -0.39 is 0 Å². The van der Waals surface area contributed by atoms with Crippen molar-refractivity contribution in [1.82, 2.24) is 0 Å². The number of benzene rings is 2. The summed E-state index contributed by atoms with van der Waals surface area (Å²) >= 11 is 0. The molecule has 0 aliphatic rings. The molecule has 0 aliphatic carbocycles. The van der Waals surface area contributed by atoms with E-state index in [0.29, 0.717) is 0 Å². The Hall–Kier alpha value is -0.196. The van der Waals surface area contributed by atoms with Crippen LogP contribution in [0.5, 0.6) is 0 Å². The second-order valence-electron chi connectivity index (χ2n) is 2.72. The minimum atomic E-state index is 0. The molecular formula is C13H15Y-. The van der Waals surface area contributed by atoms with E-state index in [0.717, 1.165) is 0 Å². The van der Waals surface area contributed by atoms with Crippen LogP contribution in [0, 0.1) is 13.0 Å². The molecule has 0 atom stereocenters. The van der Waals surface area contributed by atoms with Crippen molar-refractivity contribution in [3.8, 4) is 0 Å². The number of fused-ring (bicyclic) bond motifs is 1. The molecule has 2 aromatic rings. The Morgan fingerprint density at radius 1 is 1.07 bits per heavy atom. The molecule has 0 heterocycles. The molecule has 1 heteroatoms. The van der Waals surface area contributed by atoms with Gasteiger partial charge in [0.1, 0.15) is 0 Å². The summed E-state index contributed by atoms with van der Waals surface area (Å²) in [7, 11) is 0. The standard InChI is InChI=1S/C11H9.C2H6.Y/c1-9-5-4-7-10-6-2-3-8-11(9)10;1-2;/h2,4-8H,1H3;1-2H3;/q-1;;. The van der Waals surface area contributed by atoms with Gasteiger partial charge in [0.2, 0.25) is 0 Å². The molecule has 0 bridgehead atoms. The molecule has 0 spiro atoms. The quantitative estimate of drug-likeness (QED) is 0.629. The number of rotatable bonds is 0. The van der Waals surface area contributed by atoms with Gasteiger partial charge in [-0.25, -0.2) is 0 Å². The van der Waals surface area contributed by atoms with E-state index in [2.05, 4.69) is 37.3 Å². The molecule has 0 aromatic heterocycles. The second kappa shape index (κ2) is 7.14. The predicted molar refractivity (Wildman–Crippen MR) is 58.9 cm³/mol. The van der Waals surface area contributed by atoms with E-state index in [4.69, 9.17) is 0 Å². The van der Waals surface area contributed by atoms with Crippen LogP contribution >= 0.6 is 0 Å². The fourth-order valence-corrected chi connectivity index (χ4v) is 1.32. The van der Waals surface area contributed by atoms with Crippen LogP contribution in [0.4, 0.5) is 0 Å². The molecule has 2 rings (SSSR count). The second-order valence-corrected chi connectivity index (χ2v) is 2.72. The zero-order chi connectivity index (χ0) is 9.68. The minimum absolute atomic E-state index is 0. The van der Waals surface area contributed by atoms with Crippen LogP contribution in [0.15, 0.2) is 36.4 Å². The molecule has 0 unspecified atom stereocenters. The molecule has 0 saturated carbocycles. The molecule has 0 nitrogen and oxygen atoms in total. The molecule has 0 N–H and O–H groups in total. The molecular weight excluding hydrogens is 245 g/mol. The Balaban J connectivity index is 0.000000531. The first-order chi connectivity index (χ1) is 6.38. The van der Waals surface area contributed by atoms with Crippen molar-refractivity contribution < 1.29 is 32.7 Å². The third-order valence-corrected chi connectivity index (χ3v) is 1.94. The molecule has 0 amide bonds. The van der Waals surface area contributed by atoms with Gasteiger partial charge in [0, 0.05) is 32.7 Å². The topological polar surface area (TPSA) is 0 Å². The predicted octanol–water partition coefficient (Wildman–Crippen LogP) is 3.97. The van der Waals surface area contributed by atoms with E-state index in [1.807, 2.05) is 26.0 Å². The van der Waals surface area contributed by atoms with Gasteiger partial charge in [-0.05, 0) is 0 Å². The smallest absolute Gasteiger partial charge is 0 e. The maximum absolute atomic E-state index is 3.08. The Bertz CT molecular complexity index is 374. The van der Waals surface area contributed by atoms with Crippen molar-refractivity contribution in [3.63, 3.8) is 0 Å². The van der Waals surface area contributed by atoms with E-state index in [1.165, 1.54) is 16.3 Å². The first kappa shape index (κ1) is 13.8. The van der Waals surface area contributed by atoms with Gasteiger partial charge in [-0.1, -0.05) is 44.5 Å². The van der Waals surface area contributed by atoms with Crippen LogP contribution in [0.1, 0.15) is 19.4 Å². The average molecular weight is 260 g/mol. The van der Waals surface area contributed by atoms with Crippen molar-refractivity contribution in [3.05, 3.63) is 48.0 Å². The van der Waals surface area contributed by atoms with Gasteiger partial charge in [0.05, 0.1) is 0 Å². The summed E-state index contributed by atoms with van der Waals surface area (Å²) in [4.78, 5) is 0. The van der Waals surface area contributed by atoms with Crippen LogP contribution in [-0.2, 0) is 32.7 Å². The normalized spacial score (nSPS) is 8.50. The van der Waals surface area contributed by atoms with E-state index in [-0.39, 0.29) is 32.7 Å². The van der Waals surface area contributed by atoms with E-state index in [9.17, 15) is 0 Å². The first-order valence-electron chi connectivity index (χ1n) is 4.73. The molecule has 0 aliphatic heterocycles. The maximum atomic E-state index is 3.08. The van der Waals surface area contributed by atoms with E-state index in [1.54, 1.807) is 0 Å². The number of hydrogen-bond donors (Lipinski definition) is 0. The van der Waals surface area contributed by atoms with Crippen LogP contribution in [0.3, 0.4) is 0 Å². The zero-order valence-electron chi connectivity index (χ0n) is 9.04. The molecule has 0 saturated heterocycles. The summed E-state index contributed by atoms with van der Waals surface area (Å²) in [6, 6.07) is 15.5. The molecule has 0 fully saturated rings.